The summed E-state index contributed by atoms with van der Waals surface area (Å²) in [5, 5.41) is 3.56. The summed E-state index contributed by atoms with van der Waals surface area (Å²) in [6, 6.07) is 9.33. The summed E-state index contributed by atoms with van der Waals surface area (Å²) in [6.07, 6.45) is 2.70. The van der Waals surface area contributed by atoms with Crippen molar-refractivity contribution in [1.82, 2.24) is 5.32 Å². The van der Waals surface area contributed by atoms with Crippen molar-refractivity contribution in [3.8, 4) is 0 Å². The number of nitrogens with one attached hydrogen (secondary N) is 1. The molecule has 3 heteroatoms. The molecule has 1 atom stereocenters. The predicted octanol–water partition coefficient (Wildman–Crippen LogP) is 3.62. The van der Waals surface area contributed by atoms with Crippen LogP contribution in [0.15, 0.2) is 24.3 Å². The van der Waals surface area contributed by atoms with Crippen molar-refractivity contribution in [1.29, 1.82) is 0 Å². The summed E-state index contributed by atoms with van der Waals surface area (Å²) in [4.78, 5) is 0. The highest BCUT2D eigenvalue weighted by atomic mass is 16.5. The highest BCUT2D eigenvalue weighted by Crippen LogP contribution is 2.22. The van der Waals surface area contributed by atoms with Crippen molar-refractivity contribution in [3.05, 3.63) is 35.4 Å². The van der Waals surface area contributed by atoms with Crippen molar-refractivity contribution in [2.24, 2.45) is 0 Å². The van der Waals surface area contributed by atoms with Gasteiger partial charge in [0.15, 0.2) is 0 Å². The first kappa shape index (κ1) is 16.5. The summed E-state index contributed by atoms with van der Waals surface area (Å²) >= 11 is 0. The molecule has 1 unspecified atom stereocenters. The number of hydrogen-bond donors (Lipinski definition) is 1. The summed E-state index contributed by atoms with van der Waals surface area (Å²) < 4.78 is 11.8. The predicted molar refractivity (Wildman–Crippen MR) is 86.6 cm³/mol. The molecule has 0 aliphatic heterocycles. The van der Waals surface area contributed by atoms with Gasteiger partial charge in [-0.1, -0.05) is 29.8 Å². The van der Waals surface area contributed by atoms with Gasteiger partial charge in [0.05, 0.1) is 24.9 Å². The van der Waals surface area contributed by atoms with E-state index in [1.54, 1.807) is 0 Å². The van der Waals surface area contributed by atoms with Gasteiger partial charge < -0.3 is 14.8 Å². The maximum absolute atomic E-state index is 6.05. The van der Waals surface area contributed by atoms with E-state index in [2.05, 4.69) is 57.3 Å². The first-order valence-corrected chi connectivity index (χ1v) is 7.99. The number of aryl methyl sites for hydroxylation is 1. The lowest BCUT2D eigenvalue weighted by atomic mass is 10.1. The molecule has 1 saturated carbocycles. The summed E-state index contributed by atoms with van der Waals surface area (Å²) in [5.41, 5.74) is 2.42. The molecule has 1 aliphatic rings. The standard InChI is InChI=1S/C18H29NO2/c1-14-5-7-15(8-6-14)17(13-19-16-9-10-16)20-11-12-21-18(2,3)4/h5-8,16-17,19H,9-13H2,1-4H3. The number of benzene rings is 1. The number of ether oxygens (including phenoxy) is 2. The highest BCUT2D eigenvalue weighted by molar-refractivity contribution is 5.23. The second-order valence-corrected chi connectivity index (χ2v) is 6.91. The lowest BCUT2D eigenvalue weighted by molar-refractivity contribution is -0.0519. The second kappa shape index (κ2) is 7.39. The zero-order chi connectivity index (χ0) is 15.3. The lowest BCUT2D eigenvalue weighted by Gasteiger charge is -2.22. The zero-order valence-electron chi connectivity index (χ0n) is 13.8. The van der Waals surface area contributed by atoms with Gasteiger partial charge in [0.25, 0.3) is 0 Å². The van der Waals surface area contributed by atoms with Crippen LogP contribution in [0.5, 0.6) is 0 Å². The van der Waals surface area contributed by atoms with Crippen LogP contribution < -0.4 is 5.32 Å². The van der Waals surface area contributed by atoms with E-state index in [4.69, 9.17) is 9.47 Å². The van der Waals surface area contributed by atoms with E-state index < -0.39 is 0 Å². The van der Waals surface area contributed by atoms with Crippen LogP contribution in [0.3, 0.4) is 0 Å². The Labute approximate surface area is 129 Å². The molecular weight excluding hydrogens is 262 g/mol. The third kappa shape index (κ3) is 6.60. The topological polar surface area (TPSA) is 30.5 Å². The monoisotopic (exact) mass is 291 g/mol. The van der Waals surface area contributed by atoms with E-state index >= 15 is 0 Å². The van der Waals surface area contributed by atoms with Crippen LogP contribution in [-0.4, -0.2) is 31.4 Å². The van der Waals surface area contributed by atoms with Crippen molar-refractivity contribution in [3.63, 3.8) is 0 Å². The van der Waals surface area contributed by atoms with Gasteiger partial charge in [0.1, 0.15) is 0 Å². The SMILES string of the molecule is Cc1ccc(C(CNC2CC2)OCCOC(C)(C)C)cc1. The van der Waals surface area contributed by atoms with Crippen LogP contribution >= 0.6 is 0 Å². The zero-order valence-corrected chi connectivity index (χ0v) is 13.8. The summed E-state index contributed by atoms with van der Waals surface area (Å²) in [6.45, 7) is 10.5. The van der Waals surface area contributed by atoms with E-state index in [9.17, 15) is 0 Å². The molecule has 0 saturated heterocycles. The molecule has 118 valence electrons. The maximum atomic E-state index is 6.05. The molecular formula is C18H29NO2. The van der Waals surface area contributed by atoms with Gasteiger partial charge in [-0.05, 0) is 46.1 Å². The van der Waals surface area contributed by atoms with Gasteiger partial charge in [-0.25, -0.2) is 0 Å². The fourth-order valence-electron chi connectivity index (χ4n) is 2.15. The Morgan fingerprint density at radius 3 is 2.38 bits per heavy atom. The molecule has 2 rings (SSSR count). The van der Waals surface area contributed by atoms with Crippen molar-refractivity contribution in [2.75, 3.05) is 19.8 Å². The Kier molecular flexibility index (Phi) is 5.80. The fourth-order valence-corrected chi connectivity index (χ4v) is 2.15. The van der Waals surface area contributed by atoms with E-state index in [-0.39, 0.29) is 11.7 Å². The minimum absolute atomic E-state index is 0.102. The second-order valence-electron chi connectivity index (χ2n) is 6.91. The van der Waals surface area contributed by atoms with E-state index in [1.165, 1.54) is 24.0 Å². The van der Waals surface area contributed by atoms with Crippen LogP contribution in [0.25, 0.3) is 0 Å². The van der Waals surface area contributed by atoms with E-state index in [0.717, 1.165) is 6.54 Å². The minimum Gasteiger partial charge on any atom is -0.373 e. The molecule has 0 bridgehead atoms. The molecule has 21 heavy (non-hydrogen) atoms. The largest absolute Gasteiger partial charge is 0.373 e. The van der Waals surface area contributed by atoms with E-state index in [1.807, 2.05) is 0 Å². The van der Waals surface area contributed by atoms with Crippen LogP contribution in [0.4, 0.5) is 0 Å². The average Bonchev–Trinajstić information content (AvgIpc) is 3.22. The van der Waals surface area contributed by atoms with Gasteiger partial charge in [0, 0.05) is 12.6 Å². The Morgan fingerprint density at radius 1 is 1.14 bits per heavy atom. The lowest BCUT2D eigenvalue weighted by Crippen LogP contribution is -2.27. The van der Waals surface area contributed by atoms with Gasteiger partial charge in [0.2, 0.25) is 0 Å². The third-order valence-electron chi connectivity index (χ3n) is 3.56. The van der Waals surface area contributed by atoms with Gasteiger partial charge in [-0.15, -0.1) is 0 Å². The molecule has 0 radical (unpaired) electrons. The molecule has 0 heterocycles. The van der Waals surface area contributed by atoms with Gasteiger partial charge >= 0.3 is 0 Å². The quantitative estimate of drug-likeness (QED) is 0.742. The number of hydrogen-bond acceptors (Lipinski definition) is 3. The molecule has 1 N–H and O–H groups in total. The Bertz CT molecular complexity index is 418. The normalized spacial score (nSPS) is 17.0. The summed E-state index contributed by atoms with van der Waals surface area (Å²) in [7, 11) is 0. The van der Waals surface area contributed by atoms with Crippen LogP contribution in [0.2, 0.25) is 0 Å². The van der Waals surface area contributed by atoms with E-state index in [0.29, 0.717) is 19.3 Å². The summed E-state index contributed by atoms with van der Waals surface area (Å²) in [5.74, 6) is 0. The third-order valence-corrected chi connectivity index (χ3v) is 3.56. The Hall–Kier alpha value is -0.900. The van der Waals surface area contributed by atoms with Crippen LogP contribution in [0, 0.1) is 6.92 Å². The molecule has 3 nitrogen and oxygen atoms in total. The number of rotatable bonds is 8. The smallest absolute Gasteiger partial charge is 0.0950 e. The fraction of sp³-hybridized carbons (Fsp3) is 0.667. The van der Waals surface area contributed by atoms with Gasteiger partial charge in [-0.2, -0.15) is 0 Å². The first-order chi connectivity index (χ1) is 9.94. The molecule has 1 fully saturated rings. The molecule has 0 spiro atoms. The first-order valence-electron chi connectivity index (χ1n) is 7.99. The maximum Gasteiger partial charge on any atom is 0.0950 e. The van der Waals surface area contributed by atoms with Crippen LogP contribution in [-0.2, 0) is 9.47 Å². The van der Waals surface area contributed by atoms with Crippen LogP contribution in [0.1, 0.15) is 50.8 Å². The van der Waals surface area contributed by atoms with Crippen molar-refractivity contribution < 1.29 is 9.47 Å². The van der Waals surface area contributed by atoms with Crippen molar-refractivity contribution >= 4 is 0 Å². The molecule has 0 aromatic heterocycles. The molecule has 1 aromatic carbocycles. The Morgan fingerprint density at radius 2 is 1.81 bits per heavy atom. The average molecular weight is 291 g/mol. The Balaban J connectivity index is 1.83. The molecule has 1 aromatic rings. The highest BCUT2D eigenvalue weighted by Gasteiger charge is 2.22. The molecule has 1 aliphatic carbocycles. The molecule has 0 amide bonds. The van der Waals surface area contributed by atoms with Crippen molar-refractivity contribution in [2.45, 2.75) is 58.3 Å². The van der Waals surface area contributed by atoms with Gasteiger partial charge in [-0.3, -0.25) is 0 Å². The minimum atomic E-state index is -0.102.